The van der Waals surface area contributed by atoms with Crippen molar-refractivity contribution in [2.75, 3.05) is 74.7 Å². The van der Waals surface area contributed by atoms with Crippen molar-refractivity contribution in [3.8, 4) is 0 Å². The quantitative estimate of drug-likeness (QED) is 0.0358. The first-order valence-corrected chi connectivity index (χ1v) is 29.5. The first-order valence-electron chi connectivity index (χ1n) is 29.5. The van der Waals surface area contributed by atoms with Gasteiger partial charge in [0.15, 0.2) is 40.3 Å². The van der Waals surface area contributed by atoms with Crippen LogP contribution in [0.1, 0.15) is 89.7 Å². The summed E-state index contributed by atoms with van der Waals surface area (Å²) in [5.41, 5.74) is 6.04. The van der Waals surface area contributed by atoms with Crippen LogP contribution >= 0.6 is 0 Å². The number of aryl methyl sites for hydroxylation is 2. The molecule has 0 unspecified atom stereocenters. The van der Waals surface area contributed by atoms with Gasteiger partial charge in [-0.2, -0.15) is 0 Å². The lowest BCUT2D eigenvalue weighted by Crippen LogP contribution is -2.51. The zero-order valence-corrected chi connectivity index (χ0v) is 53.5. The van der Waals surface area contributed by atoms with Gasteiger partial charge >= 0.3 is 5.97 Å². The molecule has 10 atom stereocenters. The van der Waals surface area contributed by atoms with Crippen molar-refractivity contribution in [1.82, 2.24) is 26.3 Å². The highest BCUT2D eigenvalue weighted by molar-refractivity contribution is 6.00. The summed E-state index contributed by atoms with van der Waals surface area (Å²) in [4.78, 5) is 111. The van der Waals surface area contributed by atoms with Crippen molar-refractivity contribution in [1.29, 1.82) is 0 Å². The molecule has 0 radical (unpaired) electrons. The highest BCUT2D eigenvalue weighted by Crippen LogP contribution is 2.32. The van der Waals surface area contributed by atoms with E-state index in [2.05, 4.69) is 26.3 Å². The van der Waals surface area contributed by atoms with Crippen LogP contribution in [0.2, 0.25) is 0 Å². The van der Waals surface area contributed by atoms with E-state index < -0.39 is 93.9 Å². The van der Waals surface area contributed by atoms with Crippen molar-refractivity contribution in [3.05, 3.63) is 142 Å². The molecule has 5 aromatic rings. The minimum atomic E-state index is -1.14. The summed E-state index contributed by atoms with van der Waals surface area (Å²) in [5, 5.41) is 24.0. The number of nitrogens with one attached hydrogen (secondary N) is 3. The zero-order chi connectivity index (χ0) is 68.8. The third kappa shape index (κ3) is 24.0. The largest absolute Gasteiger partial charge is 0.481 e. The fourth-order valence-corrected chi connectivity index (χ4v) is 9.21. The standard InChI is InChI=1S/C26H32FN3O8.C14H20N2O7.C13H15FO2.C12H14FNO2/c1-15-9-20(30-38-15)25(34)29-21(13-36-4)22(31)11-17(12-35-3)24(33)28-19(23(32)26(2)14-37-26)10-16-5-7-18(27)8-6-16;1-8-4-10(16-23-8)13(18)15-11(7-22-3)12(17)5-9(6-21-2)14(19)20;1-9(12(15)13(2)8-16-13)7-10-3-5-11(14)6-4-10;1-12(7-16-12)11(15)10(14)6-8-2-4-9(13)5-3-8/h5-9,17,19,21H,10-14H2,1-4H3,(H,28,33)(H,29,34);4,9,11H,5-7H2,1-3H3,(H,15,18)(H,19,20);3-6,9H,7-8H2,1-2H3;2-5,10H,6-7,14H2,1H3/t17-,19-,21-,26+;9-,11-;9-,13+;10-,12+/m0000/s1. The zero-order valence-electron chi connectivity index (χ0n) is 53.5. The van der Waals surface area contributed by atoms with Crippen LogP contribution in [-0.4, -0.2) is 184 Å². The van der Waals surface area contributed by atoms with Gasteiger partial charge in [-0.25, -0.2) is 13.2 Å². The predicted molar refractivity (Wildman–Crippen MR) is 324 cm³/mol. The van der Waals surface area contributed by atoms with Gasteiger partial charge in [0.25, 0.3) is 11.8 Å². The van der Waals surface area contributed by atoms with E-state index in [4.69, 9.17) is 53.0 Å². The van der Waals surface area contributed by atoms with Gasteiger partial charge in [-0.15, -0.1) is 0 Å². The number of methoxy groups -OCH3 is 4. The first kappa shape index (κ1) is 75.5. The molecule has 3 aromatic carbocycles. The van der Waals surface area contributed by atoms with Crippen molar-refractivity contribution in [3.63, 3.8) is 0 Å². The number of carbonyl (C=O) groups excluding carboxylic acids is 8. The van der Waals surface area contributed by atoms with E-state index in [-0.39, 0.29) is 98.6 Å². The lowest BCUT2D eigenvalue weighted by molar-refractivity contribution is -0.146. The van der Waals surface area contributed by atoms with Gasteiger partial charge in [0.2, 0.25) is 5.91 Å². The highest BCUT2D eigenvalue weighted by atomic mass is 19.1. The summed E-state index contributed by atoms with van der Waals surface area (Å²) in [7, 11) is 5.47. The Balaban J connectivity index is 0.000000242. The Labute approximate surface area is 535 Å². The van der Waals surface area contributed by atoms with Crippen LogP contribution in [-0.2, 0) is 86.0 Å². The van der Waals surface area contributed by atoms with Crippen molar-refractivity contribution in [2.45, 2.75) is 115 Å². The fraction of sp³-hybridized carbons (Fsp3) is 0.492. The van der Waals surface area contributed by atoms with Gasteiger partial charge in [-0.1, -0.05) is 53.6 Å². The van der Waals surface area contributed by atoms with Crippen LogP contribution in [0.3, 0.4) is 0 Å². The Kier molecular flexibility index (Phi) is 28.5. The molecule has 0 aliphatic carbocycles. The molecule has 28 heteroatoms. The number of nitrogens with two attached hydrogens (primary N) is 1. The summed E-state index contributed by atoms with van der Waals surface area (Å²) < 4.78 is 83.8. The molecule has 5 heterocycles. The normalized spacial score (nSPS) is 19.6. The number of rotatable bonds is 33. The average molecular weight is 1310 g/mol. The number of halogens is 3. The number of aliphatic carboxylic acids is 1. The summed E-state index contributed by atoms with van der Waals surface area (Å²) >= 11 is 0. The molecule has 3 fully saturated rings. The summed E-state index contributed by atoms with van der Waals surface area (Å²) in [5.74, 6) is -6.30. The Morgan fingerprint density at radius 3 is 1.25 bits per heavy atom. The molecule has 0 bridgehead atoms. The molecular weight excluding hydrogens is 1230 g/mol. The summed E-state index contributed by atoms with van der Waals surface area (Å²) in [6, 6.07) is 17.1. The molecule has 2 aromatic heterocycles. The van der Waals surface area contributed by atoms with Crippen molar-refractivity contribution >= 4 is 52.6 Å². The molecule has 3 aliphatic rings. The van der Waals surface area contributed by atoms with Crippen molar-refractivity contribution in [2.24, 2.45) is 23.5 Å². The number of ether oxygens (including phenoxy) is 7. The Bertz CT molecular complexity index is 3250. The second-order valence-electron chi connectivity index (χ2n) is 23.3. The molecule has 8 rings (SSSR count). The highest BCUT2D eigenvalue weighted by Gasteiger charge is 2.51. The van der Waals surface area contributed by atoms with Crippen LogP contribution in [0.15, 0.2) is 94.0 Å². The number of carboxylic acids is 1. The number of nitrogens with zero attached hydrogens (tertiary/aromatic N) is 2. The second-order valence-corrected chi connectivity index (χ2v) is 23.3. The molecule has 0 saturated carbocycles. The SMILES string of the molecule is COC[C@H](CC(=O)[C@H](COC)NC(=O)c1cc(C)on1)C(=O)N[C@@H](Cc1ccc(F)cc1)C(=O)[C@@]1(C)CO1.COC[C@H](CC(=O)[C@H](COC)NC(=O)c1cc(C)on1)C(=O)O.C[C@@H](Cc1ccc(F)cc1)C(=O)[C@@]1(C)CO1.C[C@]1(C(=O)[C@@H](N)Cc2ccc(F)cc2)CO1. The van der Waals surface area contributed by atoms with Crippen LogP contribution in [0.25, 0.3) is 0 Å². The molecule has 506 valence electrons. The maximum absolute atomic E-state index is 13.4. The molecule has 3 aliphatic heterocycles. The number of ketones is 5. The second kappa shape index (κ2) is 35.2. The molecule has 3 saturated heterocycles. The van der Waals surface area contributed by atoms with Gasteiger partial charge in [-0.3, -0.25) is 43.2 Å². The predicted octanol–water partition coefficient (Wildman–Crippen LogP) is 4.62. The Morgan fingerprint density at radius 2 is 0.882 bits per heavy atom. The Morgan fingerprint density at radius 1 is 0.527 bits per heavy atom. The minimum absolute atomic E-state index is 0.000486. The average Bonchev–Trinajstić information content (AvgIpc) is 1.67. The minimum Gasteiger partial charge on any atom is -0.481 e. The molecule has 3 amide bonds. The molecule has 0 spiro atoms. The van der Waals surface area contributed by atoms with E-state index in [9.17, 15) is 56.3 Å². The smallest absolute Gasteiger partial charge is 0.309 e. The van der Waals surface area contributed by atoms with Crippen LogP contribution in [0.4, 0.5) is 13.2 Å². The van der Waals surface area contributed by atoms with Gasteiger partial charge in [0.05, 0.1) is 70.2 Å². The van der Waals surface area contributed by atoms with E-state index in [0.717, 1.165) is 11.1 Å². The number of carboxylic acid groups (broad SMARTS) is 1. The number of hydrogen-bond acceptors (Lipinski definition) is 21. The van der Waals surface area contributed by atoms with Crippen LogP contribution in [0, 0.1) is 49.1 Å². The van der Waals surface area contributed by atoms with Crippen LogP contribution < -0.4 is 21.7 Å². The molecule has 93 heavy (non-hydrogen) atoms. The van der Waals surface area contributed by atoms with E-state index in [0.29, 0.717) is 43.1 Å². The molecular formula is C65H81F3N6O19. The number of benzene rings is 3. The number of amides is 3. The summed E-state index contributed by atoms with van der Waals surface area (Å²) in [6.07, 6.45) is 0.583. The number of Topliss-reactive ketones (excluding diaryl/α,β-unsaturated/α-hetero) is 5. The first-order chi connectivity index (χ1) is 44.0. The lowest BCUT2D eigenvalue weighted by Gasteiger charge is -2.24. The summed E-state index contributed by atoms with van der Waals surface area (Å²) in [6.45, 7) is 11.1. The van der Waals surface area contributed by atoms with Crippen molar-refractivity contribution < 1.29 is 104 Å². The number of aromatic nitrogens is 2. The maximum Gasteiger partial charge on any atom is 0.309 e. The number of hydrogen-bond donors (Lipinski definition) is 5. The monoisotopic (exact) mass is 1310 g/mol. The fourth-order valence-electron chi connectivity index (χ4n) is 9.21. The van der Waals surface area contributed by atoms with Gasteiger partial charge in [-0.05, 0) is 107 Å². The number of carbonyl (C=O) groups is 9. The topological polar surface area (TPSA) is 363 Å². The maximum atomic E-state index is 13.4. The molecule has 6 N–H and O–H groups in total. The number of epoxide rings is 3. The van der Waals surface area contributed by atoms with E-state index >= 15 is 0 Å². The van der Waals surface area contributed by atoms with Gasteiger partial charge in [0, 0.05) is 59.3 Å². The van der Waals surface area contributed by atoms with Crippen LogP contribution in [0.5, 0.6) is 0 Å². The van der Waals surface area contributed by atoms with Gasteiger partial charge in [0.1, 0.15) is 57.9 Å². The van der Waals surface area contributed by atoms with E-state index in [1.165, 1.54) is 89.1 Å². The van der Waals surface area contributed by atoms with Gasteiger partial charge < -0.3 is 69.0 Å². The Hall–Kier alpha value is -8.22. The third-order valence-electron chi connectivity index (χ3n) is 15.0. The van der Waals surface area contributed by atoms with E-state index in [1.807, 2.05) is 13.8 Å². The third-order valence-corrected chi connectivity index (χ3v) is 15.0. The van der Waals surface area contributed by atoms with E-state index in [1.54, 1.807) is 52.0 Å². The lowest BCUT2D eigenvalue weighted by atomic mass is 9.90. The molecule has 25 nitrogen and oxygen atoms in total.